The molecule has 2 bridgehead atoms. The first-order valence-corrected chi connectivity index (χ1v) is 20.7. The minimum absolute atomic E-state index is 0. The van der Waals surface area contributed by atoms with Crippen LogP contribution in [0.15, 0.2) is 0 Å². The molecule has 0 amide bonds. The maximum absolute atomic E-state index is 11.7. The van der Waals surface area contributed by atoms with Gasteiger partial charge in [0.1, 0.15) is 17.8 Å². The molecule has 7 fully saturated rings. The van der Waals surface area contributed by atoms with Gasteiger partial charge >= 0.3 is 59.1 Å². The summed E-state index contributed by atoms with van der Waals surface area (Å²) in [5.41, 5.74) is -0.702. The number of hydrogen-bond donors (Lipinski definition) is 0. The topological polar surface area (TPSA) is 161 Å². The van der Waals surface area contributed by atoms with E-state index in [1.807, 2.05) is 0 Å². The molecule has 0 N–H and O–H groups in total. The molecular weight excluding hydrogens is 694 g/mol. The van der Waals surface area contributed by atoms with Gasteiger partial charge in [0.25, 0.3) is 5.97 Å². The summed E-state index contributed by atoms with van der Waals surface area (Å²) in [4.78, 5) is 0. The van der Waals surface area contributed by atoms with E-state index in [2.05, 4.69) is 48.5 Å². The molecule has 15 heteroatoms. The largest absolute Gasteiger partial charge is 1.00 e. The van der Waals surface area contributed by atoms with Crippen LogP contribution in [0.2, 0.25) is 0 Å². The number of rotatable bonds is 9. The summed E-state index contributed by atoms with van der Waals surface area (Å²) in [7, 11) is -10.3. The first kappa shape index (κ1) is 41.8. The molecule has 7 rings (SSSR count). The van der Waals surface area contributed by atoms with Crippen LogP contribution in [-0.2, 0) is 43.4 Å². The predicted octanol–water partition coefficient (Wildman–Crippen LogP) is -0.337. The molecule has 270 valence electrons. The first-order chi connectivity index (χ1) is 21.7. The predicted molar refractivity (Wildman–Crippen MR) is 168 cm³/mol. The van der Waals surface area contributed by atoms with Gasteiger partial charge in [0.05, 0.1) is 12.2 Å². The molecule has 2 heterocycles. The average Bonchev–Trinajstić information content (AvgIpc) is 3.39. The average molecular weight is 749 g/mol. The normalized spacial score (nSPS) is 51.5. The molecule has 0 aromatic rings. The van der Waals surface area contributed by atoms with Crippen LogP contribution in [-0.4, -0.2) is 61.9 Å². The van der Waals surface area contributed by atoms with Crippen molar-refractivity contribution in [2.45, 2.75) is 155 Å². The molecule has 2 aliphatic heterocycles. The van der Waals surface area contributed by atoms with Crippen molar-refractivity contribution in [3.05, 3.63) is 0 Å². The Morgan fingerprint density at radius 2 is 1.49 bits per heavy atom. The second kappa shape index (κ2) is 13.7. The van der Waals surface area contributed by atoms with Crippen molar-refractivity contribution in [1.82, 2.24) is 0 Å². The standard InChI is InChI=1S/C34H56O11S2.2Na/c1-8-12-34-41-26-15-24-22-10-9-21-14-25(43-46(35,36)37)27(44-47(38,39)40)17-31(21,6)23(22)11-13-30(24,5)29(26)32(7,45-34)28(42-34)18-33(19(2)3)16-20(33)4;;/h19-29H,8-18H2,1-7H3,(H,35,36,37)(H,38,39,40);;/q;2*+1/p-2. The second-order valence-corrected chi connectivity index (χ2v) is 19.6. The van der Waals surface area contributed by atoms with E-state index in [-0.39, 0.29) is 113 Å². The Morgan fingerprint density at radius 1 is 0.857 bits per heavy atom. The summed E-state index contributed by atoms with van der Waals surface area (Å²) in [5, 5.41) is 0. The summed E-state index contributed by atoms with van der Waals surface area (Å²) < 4.78 is 101. The smallest absolute Gasteiger partial charge is 0.726 e. The minimum Gasteiger partial charge on any atom is -0.726 e. The zero-order valence-electron chi connectivity index (χ0n) is 30.9. The van der Waals surface area contributed by atoms with Crippen molar-refractivity contribution < 1.29 is 108 Å². The SMILES string of the molecule is CCCC12OC3CC4C5CCC6CC(OS(=O)(=O)[O-])C(OS(=O)(=O)[O-])CC6(C)C5CCC4(C)C3C(C)(O1)C(CC1(C(C)C)CC1C)O2.[Na+].[Na+]. The fourth-order valence-corrected chi connectivity index (χ4v) is 14.1. The molecule has 49 heavy (non-hydrogen) atoms. The Bertz CT molecular complexity index is 1480. The Kier molecular flexibility index (Phi) is 11.7. The third kappa shape index (κ3) is 6.91. The van der Waals surface area contributed by atoms with Gasteiger partial charge in [-0.3, -0.25) is 8.37 Å². The maximum atomic E-state index is 11.7. The van der Waals surface area contributed by atoms with Crippen molar-refractivity contribution >= 4 is 20.8 Å². The van der Waals surface area contributed by atoms with Gasteiger partial charge in [-0.2, -0.15) is 0 Å². The zero-order chi connectivity index (χ0) is 34.2. The summed E-state index contributed by atoms with van der Waals surface area (Å²) >= 11 is 0. The quantitative estimate of drug-likeness (QED) is 0.173. The van der Waals surface area contributed by atoms with Crippen LogP contribution in [0.5, 0.6) is 0 Å². The summed E-state index contributed by atoms with van der Waals surface area (Å²) in [6, 6.07) is 0. The molecule has 0 aromatic carbocycles. The molecule has 11 nitrogen and oxygen atoms in total. The van der Waals surface area contributed by atoms with E-state index < -0.39 is 50.0 Å². The summed E-state index contributed by atoms with van der Waals surface area (Å²) in [6.07, 6.45) is 5.85. The Labute approximate surface area is 338 Å². The van der Waals surface area contributed by atoms with E-state index in [4.69, 9.17) is 22.6 Å². The second-order valence-electron chi connectivity index (χ2n) is 17.6. The Balaban J connectivity index is 0.00000234. The van der Waals surface area contributed by atoms with Crippen LogP contribution in [0, 0.1) is 57.7 Å². The molecule has 0 spiro atoms. The van der Waals surface area contributed by atoms with Crippen LogP contribution >= 0.6 is 0 Å². The Hall–Kier alpha value is 1.62. The van der Waals surface area contributed by atoms with E-state index in [9.17, 15) is 25.9 Å². The molecule has 0 radical (unpaired) electrons. The molecular formula is C34H54Na2O11S2. The van der Waals surface area contributed by atoms with Crippen LogP contribution in [0.3, 0.4) is 0 Å². The van der Waals surface area contributed by atoms with E-state index in [1.54, 1.807) is 0 Å². The van der Waals surface area contributed by atoms with Gasteiger partial charge in [-0.25, -0.2) is 16.8 Å². The zero-order valence-corrected chi connectivity index (χ0v) is 36.6. The van der Waals surface area contributed by atoms with E-state index in [0.717, 1.165) is 44.9 Å². The van der Waals surface area contributed by atoms with E-state index in [0.29, 0.717) is 30.1 Å². The third-order valence-corrected chi connectivity index (χ3v) is 16.2. The number of hydrogen-bond acceptors (Lipinski definition) is 11. The minimum atomic E-state index is -5.16. The van der Waals surface area contributed by atoms with Gasteiger partial charge in [-0.1, -0.05) is 41.5 Å². The first-order valence-electron chi connectivity index (χ1n) is 18.0. The fourth-order valence-electron chi connectivity index (χ4n) is 13.1. The van der Waals surface area contributed by atoms with Gasteiger partial charge in [-0.05, 0) is 123 Å². The monoisotopic (exact) mass is 748 g/mol. The van der Waals surface area contributed by atoms with E-state index >= 15 is 0 Å². The fraction of sp³-hybridized carbons (Fsp3) is 1.00. The van der Waals surface area contributed by atoms with Gasteiger partial charge in [0, 0.05) is 12.3 Å². The summed E-state index contributed by atoms with van der Waals surface area (Å²) in [6.45, 7) is 16.0. The number of fused-ring (bicyclic) bond motifs is 10. The molecule has 15 atom stereocenters. The van der Waals surface area contributed by atoms with Crippen molar-refractivity contribution in [1.29, 1.82) is 0 Å². The molecule has 15 unspecified atom stereocenters. The van der Waals surface area contributed by atoms with Crippen LogP contribution in [0.25, 0.3) is 0 Å². The van der Waals surface area contributed by atoms with Crippen molar-refractivity contribution in [3.8, 4) is 0 Å². The van der Waals surface area contributed by atoms with Gasteiger partial charge in [0.15, 0.2) is 0 Å². The molecule has 0 aromatic heterocycles. The van der Waals surface area contributed by atoms with E-state index in [1.165, 1.54) is 6.42 Å². The number of ether oxygens (including phenoxy) is 3. The Morgan fingerprint density at radius 3 is 2.06 bits per heavy atom. The third-order valence-electron chi connectivity index (χ3n) is 15.2. The maximum Gasteiger partial charge on any atom is 1.00 e. The van der Waals surface area contributed by atoms with Gasteiger partial charge in [-0.15, -0.1) is 0 Å². The van der Waals surface area contributed by atoms with Crippen LogP contribution in [0.4, 0.5) is 0 Å². The van der Waals surface area contributed by atoms with Crippen LogP contribution < -0.4 is 59.1 Å². The summed E-state index contributed by atoms with van der Waals surface area (Å²) in [5.74, 6) is 1.26. The van der Waals surface area contributed by atoms with Gasteiger partial charge in [0.2, 0.25) is 20.8 Å². The molecule has 5 saturated carbocycles. The van der Waals surface area contributed by atoms with Crippen molar-refractivity contribution in [3.63, 3.8) is 0 Å². The van der Waals surface area contributed by atoms with Crippen molar-refractivity contribution in [2.75, 3.05) is 0 Å². The van der Waals surface area contributed by atoms with Gasteiger partial charge < -0.3 is 23.3 Å². The molecule has 7 aliphatic rings. The van der Waals surface area contributed by atoms with Crippen LogP contribution in [0.1, 0.15) is 119 Å². The van der Waals surface area contributed by atoms with Crippen molar-refractivity contribution in [2.24, 2.45) is 57.7 Å². The molecule has 2 saturated heterocycles. The molecule has 5 aliphatic carbocycles.